The highest BCUT2D eigenvalue weighted by Crippen LogP contribution is 2.21. The molecule has 14 heavy (non-hydrogen) atoms. The number of likely N-dealkylation sites (N-methyl/N-ethyl adjacent to an activating group) is 1. The molecule has 1 heterocycles. The molecule has 3 heteroatoms. The van der Waals surface area contributed by atoms with E-state index in [2.05, 4.69) is 24.1 Å². The van der Waals surface area contributed by atoms with Crippen molar-refractivity contribution in [1.29, 1.82) is 0 Å². The molecule has 0 aliphatic carbocycles. The van der Waals surface area contributed by atoms with Crippen molar-refractivity contribution in [2.24, 2.45) is 5.92 Å². The van der Waals surface area contributed by atoms with Gasteiger partial charge in [0.1, 0.15) is 0 Å². The Hall–Kier alpha value is -0.120. The average molecular weight is 200 g/mol. The summed E-state index contributed by atoms with van der Waals surface area (Å²) in [5.41, 5.74) is 0. The van der Waals surface area contributed by atoms with Gasteiger partial charge in [0.15, 0.2) is 0 Å². The molecule has 1 saturated heterocycles. The lowest BCUT2D eigenvalue weighted by Gasteiger charge is -2.39. The van der Waals surface area contributed by atoms with Crippen molar-refractivity contribution in [1.82, 2.24) is 10.2 Å². The van der Waals surface area contributed by atoms with E-state index in [4.69, 9.17) is 5.11 Å². The van der Waals surface area contributed by atoms with Gasteiger partial charge in [0.2, 0.25) is 0 Å². The maximum atomic E-state index is 8.96. The van der Waals surface area contributed by atoms with Crippen molar-refractivity contribution in [3.8, 4) is 0 Å². The Labute approximate surface area is 87.5 Å². The minimum atomic E-state index is 0.326. The molecule has 1 aliphatic heterocycles. The predicted octanol–water partition coefficient (Wildman–Crippen LogP) is 0.687. The van der Waals surface area contributed by atoms with Crippen LogP contribution < -0.4 is 5.32 Å². The highest BCUT2D eigenvalue weighted by atomic mass is 16.3. The Balaban J connectivity index is 2.47. The summed E-state index contributed by atoms with van der Waals surface area (Å²) in [5, 5.41) is 12.3. The van der Waals surface area contributed by atoms with Gasteiger partial charge in [-0.2, -0.15) is 0 Å². The summed E-state index contributed by atoms with van der Waals surface area (Å²) in [6, 6.07) is 1.22. The minimum absolute atomic E-state index is 0.326. The van der Waals surface area contributed by atoms with Gasteiger partial charge < -0.3 is 10.4 Å². The fourth-order valence-corrected chi connectivity index (χ4v) is 2.26. The second-order valence-electron chi connectivity index (χ2n) is 4.65. The molecule has 84 valence electrons. The van der Waals surface area contributed by atoms with Crippen LogP contribution in [0.25, 0.3) is 0 Å². The Bertz CT molecular complexity index is 161. The molecule has 0 aromatic heterocycles. The van der Waals surface area contributed by atoms with Gasteiger partial charge in [-0.15, -0.1) is 0 Å². The molecule has 2 unspecified atom stereocenters. The van der Waals surface area contributed by atoms with E-state index in [1.807, 2.05) is 7.05 Å². The van der Waals surface area contributed by atoms with Gasteiger partial charge in [-0.25, -0.2) is 0 Å². The van der Waals surface area contributed by atoms with Gasteiger partial charge in [-0.3, -0.25) is 4.90 Å². The SMILES string of the molecule is CNC1CC(CCO)CN(C(C)C)C1. The van der Waals surface area contributed by atoms with Crippen LogP contribution in [0.15, 0.2) is 0 Å². The molecular formula is C11H24N2O. The third kappa shape index (κ3) is 3.23. The number of aliphatic hydroxyl groups is 1. The summed E-state index contributed by atoms with van der Waals surface area (Å²) in [6.45, 7) is 7.11. The zero-order valence-electron chi connectivity index (χ0n) is 9.66. The minimum Gasteiger partial charge on any atom is -0.396 e. The van der Waals surface area contributed by atoms with E-state index in [9.17, 15) is 0 Å². The van der Waals surface area contributed by atoms with Crippen LogP contribution in [0.5, 0.6) is 0 Å². The first-order valence-electron chi connectivity index (χ1n) is 5.69. The molecule has 3 nitrogen and oxygen atoms in total. The summed E-state index contributed by atoms with van der Waals surface area (Å²) in [4.78, 5) is 2.50. The fourth-order valence-electron chi connectivity index (χ4n) is 2.26. The Morgan fingerprint density at radius 1 is 1.43 bits per heavy atom. The van der Waals surface area contributed by atoms with Crippen molar-refractivity contribution in [2.75, 3.05) is 26.7 Å². The van der Waals surface area contributed by atoms with Gasteiger partial charge in [-0.05, 0) is 39.7 Å². The van der Waals surface area contributed by atoms with Crippen LogP contribution in [-0.4, -0.2) is 48.8 Å². The van der Waals surface area contributed by atoms with Crippen LogP contribution >= 0.6 is 0 Å². The topological polar surface area (TPSA) is 35.5 Å². The van der Waals surface area contributed by atoms with Gasteiger partial charge in [0.25, 0.3) is 0 Å². The summed E-state index contributed by atoms with van der Waals surface area (Å²) in [6.07, 6.45) is 2.15. The lowest BCUT2D eigenvalue weighted by atomic mass is 9.91. The first-order chi connectivity index (χ1) is 6.67. The van der Waals surface area contributed by atoms with E-state index in [0.29, 0.717) is 24.6 Å². The molecule has 0 aromatic rings. The Morgan fingerprint density at radius 3 is 2.64 bits per heavy atom. The van der Waals surface area contributed by atoms with E-state index in [1.54, 1.807) is 0 Å². The number of rotatable bonds is 4. The van der Waals surface area contributed by atoms with Crippen molar-refractivity contribution in [2.45, 2.75) is 38.8 Å². The summed E-state index contributed by atoms with van der Waals surface area (Å²) < 4.78 is 0. The monoisotopic (exact) mass is 200 g/mol. The zero-order valence-corrected chi connectivity index (χ0v) is 9.66. The molecule has 0 spiro atoms. The maximum Gasteiger partial charge on any atom is 0.0434 e. The van der Waals surface area contributed by atoms with E-state index in [1.165, 1.54) is 6.42 Å². The van der Waals surface area contributed by atoms with Crippen LogP contribution in [-0.2, 0) is 0 Å². The second kappa shape index (κ2) is 5.69. The number of hydrogen-bond acceptors (Lipinski definition) is 3. The average Bonchev–Trinajstić information content (AvgIpc) is 2.17. The van der Waals surface area contributed by atoms with Crippen molar-refractivity contribution < 1.29 is 5.11 Å². The van der Waals surface area contributed by atoms with Gasteiger partial charge in [0.05, 0.1) is 0 Å². The number of likely N-dealkylation sites (tertiary alicyclic amines) is 1. The van der Waals surface area contributed by atoms with Gasteiger partial charge in [-0.1, -0.05) is 0 Å². The molecule has 1 aliphatic rings. The Kier molecular flexibility index (Phi) is 4.85. The van der Waals surface area contributed by atoms with Gasteiger partial charge in [0, 0.05) is 31.8 Å². The molecule has 1 fully saturated rings. The maximum absolute atomic E-state index is 8.96. The summed E-state index contributed by atoms with van der Waals surface area (Å²) in [7, 11) is 2.03. The molecule has 0 amide bonds. The quantitative estimate of drug-likeness (QED) is 0.701. The Morgan fingerprint density at radius 2 is 2.14 bits per heavy atom. The number of aliphatic hydroxyl groups excluding tert-OH is 1. The molecule has 0 radical (unpaired) electrons. The molecule has 0 bridgehead atoms. The molecule has 1 rings (SSSR count). The first-order valence-corrected chi connectivity index (χ1v) is 5.69. The zero-order chi connectivity index (χ0) is 10.6. The fraction of sp³-hybridized carbons (Fsp3) is 1.00. The van der Waals surface area contributed by atoms with E-state index in [-0.39, 0.29) is 0 Å². The molecule has 2 N–H and O–H groups in total. The highest BCUT2D eigenvalue weighted by molar-refractivity contribution is 4.83. The van der Waals surface area contributed by atoms with Crippen molar-refractivity contribution in [3.63, 3.8) is 0 Å². The lowest BCUT2D eigenvalue weighted by Crippen LogP contribution is -2.50. The number of nitrogens with zero attached hydrogens (tertiary/aromatic N) is 1. The van der Waals surface area contributed by atoms with Crippen molar-refractivity contribution >= 4 is 0 Å². The van der Waals surface area contributed by atoms with E-state index < -0.39 is 0 Å². The number of piperidine rings is 1. The summed E-state index contributed by atoms with van der Waals surface area (Å²) >= 11 is 0. The van der Waals surface area contributed by atoms with Crippen LogP contribution in [0.2, 0.25) is 0 Å². The van der Waals surface area contributed by atoms with Crippen LogP contribution in [0.4, 0.5) is 0 Å². The van der Waals surface area contributed by atoms with E-state index in [0.717, 1.165) is 19.5 Å². The van der Waals surface area contributed by atoms with Crippen LogP contribution in [0.1, 0.15) is 26.7 Å². The lowest BCUT2D eigenvalue weighted by molar-refractivity contribution is 0.0992. The smallest absolute Gasteiger partial charge is 0.0434 e. The van der Waals surface area contributed by atoms with Crippen LogP contribution in [0.3, 0.4) is 0 Å². The first kappa shape index (κ1) is 12.0. The van der Waals surface area contributed by atoms with Gasteiger partial charge >= 0.3 is 0 Å². The highest BCUT2D eigenvalue weighted by Gasteiger charge is 2.26. The standard InChI is InChI=1S/C11H24N2O/c1-9(2)13-7-10(4-5-14)6-11(8-13)12-3/h9-12,14H,4-8H2,1-3H3. The largest absolute Gasteiger partial charge is 0.396 e. The predicted molar refractivity (Wildman–Crippen MR) is 59.4 cm³/mol. The van der Waals surface area contributed by atoms with Crippen molar-refractivity contribution in [3.05, 3.63) is 0 Å². The summed E-state index contributed by atoms with van der Waals surface area (Å²) in [5.74, 6) is 0.661. The number of nitrogens with one attached hydrogen (secondary N) is 1. The number of hydrogen-bond donors (Lipinski definition) is 2. The third-order valence-corrected chi connectivity index (χ3v) is 3.24. The van der Waals surface area contributed by atoms with E-state index >= 15 is 0 Å². The molecule has 2 atom stereocenters. The molecular weight excluding hydrogens is 176 g/mol. The molecule has 0 saturated carbocycles. The molecule has 0 aromatic carbocycles. The normalized spacial score (nSPS) is 29.8. The van der Waals surface area contributed by atoms with Crippen LogP contribution in [0, 0.1) is 5.92 Å². The third-order valence-electron chi connectivity index (χ3n) is 3.24. The second-order valence-corrected chi connectivity index (χ2v) is 4.65.